The Morgan fingerprint density at radius 2 is 1.83 bits per heavy atom. The number of alkyl halides is 3. The molecule has 0 bridgehead atoms. The molecule has 0 aromatic heterocycles. The number of hydrogen-bond acceptors (Lipinski definition) is 1. The summed E-state index contributed by atoms with van der Waals surface area (Å²) in [5.74, 6) is -0.603. The molecular weight excluding hydrogens is 130 g/mol. The highest BCUT2D eigenvalue weighted by molar-refractivity contribution is 7.80. The predicted octanol–water partition coefficient (Wildman–Crippen LogP) is 1.75. The lowest BCUT2D eigenvalue weighted by molar-refractivity contribution is 0.125. The molecule has 0 heterocycles. The van der Waals surface area contributed by atoms with E-state index in [1.54, 1.807) is 0 Å². The molecule has 6 heavy (non-hydrogen) atoms. The van der Waals surface area contributed by atoms with E-state index in [1.807, 2.05) is 0 Å². The Balaban J connectivity index is 3.17. The Hall–Kier alpha value is 0.500. The van der Waals surface area contributed by atoms with Gasteiger partial charge < -0.3 is 0 Å². The summed E-state index contributed by atoms with van der Waals surface area (Å²) in [7, 11) is 0. The van der Waals surface area contributed by atoms with Gasteiger partial charge in [-0.05, 0) is 11.6 Å². The predicted molar refractivity (Wildman–Crippen MR) is 24.7 cm³/mol. The van der Waals surface area contributed by atoms with Gasteiger partial charge in [-0.1, -0.05) is 0 Å². The van der Waals surface area contributed by atoms with Crippen LogP contribution in [0.15, 0.2) is 0 Å². The third-order valence-corrected chi connectivity index (χ3v) is 0.896. The number of thiol groups is 1. The quantitative estimate of drug-likeness (QED) is 0.408. The van der Waals surface area contributed by atoms with Crippen LogP contribution in [0.25, 0.3) is 0 Å². The molecule has 0 spiro atoms. The smallest absolute Gasteiger partial charge is 0.187 e. The molecule has 0 saturated heterocycles. The standard InChI is InChI=1S/C2H3ClF2S/c3-2(4,5)1-6/h6H,1H2. The Bertz CT molecular complexity index is 41.3. The third-order valence-electron chi connectivity index (χ3n) is 0.179. The van der Waals surface area contributed by atoms with E-state index < -0.39 is 11.1 Å². The van der Waals surface area contributed by atoms with E-state index in [2.05, 4.69) is 24.2 Å². The van der Waals surface area contributed by atoms with Crippen molar-refractivity contribution in [3.05, 3.63) is 0 Å². The summed E-state index contributed by atoms with van der Waals surface area (Å²) in [4.78, 5) is 0. The van der Waals surface area contributed by atoms with E-state index in [1.165, 1.54) is 0 Å². The SMILES string of the molecule is FC(F)(Cl)CS. The third kappa shape index (κ3) is 4.50. The summed E-state index contributed by atoms with van der Waals surface area (Å²) in [5.41, 5.74) is 0. The topological polar surface area (TPSA) is 0 Å². The van der Waals surface area contributed by atoms with Crippen LogP contribution in [0.5, 0.6) is 0 Å². The molecule has 0 amide bonds. The minimum absolute atomic E-state index is 0.603. The van der Waals surface area contributed by atoms with Gasteiger partial charge in [0.25, 0.3) is 0 Å². The summed E-state index contributed by atoms with van der Waals surface area (Å²) >= 11 is 7.53. The van der Waals surface area contributed by atoms with Crippen LogP contribution >= 0.6 is 24.2 Å². The monoisotopic (exact) mass is 132 g/mol. The lowest BCUT2D eigenvalue weighted by Crippen LogP contribution is -2.05. The van der Waals surface area contributed by atoms with Crippen molar-refractivity contribution in [1.29, 1.82) is 0 Å². The fourth-order valence-electron chi connectivity index (χ4n) is 0. The molecule has 0 aliphatic rings. The van der Waals surface area contributed by atoms with Crippen LogP contribution in [0.4, 0.5) is 8.78 Å². The van der Waals surface area contributed by atoms with Gasteiger partial charge in [0.2, 0.25) is 0 Å². The molecule has 0 radical (unpaired) electrons. The summed E-state index contributed by atoms with van der Waals surface area (Å²) in [5, 5.41) is -3.12. The van der Waals surface area contributed by atoms with Gasteiger partial charge in [0.05, 0.1) is 5.75 Å². The van der Waals surface area contributed by atoms with E-state index >= 15 is 0 Å². The van der Waals surface area contributed by atoms with E-state index in [4.69, 9.17) is 0 Å². The number of hydrogen-bond donors (Lipinski definition) is 1. The molecule has 0 aliphatic carbocycles. The van der Waals surface area contributed by atoms with Crippen LogP contribution < -0.4 is 0 Å². The average molecular weight is 133 g/mol. The molecule has 0 nitrogen and oxygen atoms in total. The van der Waals surface area contributed by atoms with E-state index in [9.17, 15) is 8.78 Å². The molecule has 0 rings (SSSR count). The van der Waals surface area contributed by atoms with Crippen LogP contribution in [0.1, 0.15) is 0 Å². The second-order valence-corrected chi connectivity index (χ2v) is 1.64. The van der Waals surface area contributed by atoms with E-state index in [0.717, 1.165) is 0 Å². The van der Waals surface area contributed by atoms with Gasteiger partial charge in [-0.2, -0.15) is 21.4 Å². The van der Waals surface area contributed by atoms with Crippen LogP contribution in [0, 0.1) is 0 Å². The summed E-state index contributed by atoms with van der Waals surface area (Å²) in [6, 6.07) is 0. The highest BCUT2D eigenvalue weighted by Gasteiger charge is 2.20. The van der Waals surface area contributed by atoms with Gasteiger partial charge in [0.1, 0.15) is 0 Å². The van der Waals surface area contributed by atoms with Crippen LogP contribution in [0.3, 0.4) is 0 Å². The second kappa shape index (κ2) is 1.98. The van der Waals surface area contributed by atoms with Crippen LogP contribution in [0.2, 0.25) is 0 Å². The van der Waals surface area contributed by atoms with Gasteiger partial charge in [-0.25, -0.2) is 0 Å². The maximum atomic E-state index is 11.1. The zero-order valence-electron chi connectivity index (χ0n) is 2.79. The van der Waals surface area contributed by atoms with Crippen LogP contribution in [-0.2, 0) is 0 Å². The largest absolute Gasteiger partial charge is 0.330 e. The molecule has 0 aliphatic heterocycles. The molecule has 4 heteroatoms. The molecule has 0 aromatic carbocycles. The second-order valence-electron chi connectivity index (χ2n) is 0.773. The highest BCUT2D eigenvalue weighted by atomic mass is 35.5. The fourth-order valence-corrected chi connectivity index (χ4v) is 0. The maximum absolute atomic E-state index is 11.1. The molecular formula is C2H3ClF2S. The summed E-state index contributed by atoms with van der Waals surface area (Å²) in [6.07, 6.45) is 0. The molecule has 38 valence electrons. The molecule has 0 fully saturated rings. The Morgan fingerprint density at radius 3 is 1.83 bits per heavy atom. The molecule has 0 saturated carbocycles. The van der Waals surface area contributed by atoms with Gasteiger partial charge in [-0.3, -0.25) is 0 Å². The first-order valence-corrected chi connectivity index (χ1v) is 2.25. The van der Waals surface area contributed by atoms with Gasteiger partial charge in [-0.15, -0.1) is 0 Å². The van der Waals surface area contributed by atoms with Gasteiger partial charge in [0.15, 0.2) is 0 Å². The van der Waals surface area contributed by atoms with Gasteiger partial charge >= 0.3 is 5.38 Å². The van der Waals surface area contributed by atoms with Crippen molar-refractivity contribution in [1.82, 2.24) is 0 Å². The zero-order valence-corrected chi connectivity index (χ0v) is 4.44. The van der Waals surface area contributed by atoms with Gasteiger partial charge in [0, 0.05) is 0 Å². The molecule has 0 atom stereocenters. The first-order chi connectivity index (χ1) is 2.56. The lowest BCUT2D eigenvalue weighted by Gasteiger charge is -1.98. The van der Waals surface area contributed by atoms with Crippen molar-refractivity contribution in [3.8, 4) is 0 Å². The van der Waals surface area contributed by atoms with Crippen molar-refractivity contribution < 1.29 is 8.78 Å². The number of rotatable bonds is 1. The normalized spacial score (nSPS) is 12.0. The number of halogens is 3. The van der Waals surface area contributed by atoms with Crippen molar-refractivity contribution >= 4 is 24.2 Å². The molecule has 0 aromatic rings. The molecule has 0 N–H and O–H groups in total. The molecule has 0 unspecified atom stereocenters. The Morgan fingerprint density at radius 1 is 1.67 bits per heavy atom. The minimum atomic E-state index is -3.12. The summed E-state index contributed by atoms with van der Waals surface area (Å²) < 4.78 is 22.3. The Kier molecular flexibility index (Phi) is 2.15. The first kappa shape index (κ1) is 6.50. The maximum Gasteiger partial charge on any atom is 0.330 e. The highest BCUT2D eigenvalue weighted by Crippen LogP contribution is 2.18. The van der Waals surface area contributed by atoms with Crippen molar-refractivity contribution in [3.63, 3.8) is 0 Å². The lowest BCUT2D eigenvalue weighted by atomic mass is 10.8. The van der Waals surface area contributed by atoms with Crippen LogP contribution in [-0.4, -0.2) is 11.1 Å². The van der Waals surface area contributed by atoms with Crippen molar-refractivity contribution in [2.75, 3.05) is 5.75 Å². The van der Waals surface area contributed by atoms with E-state index in [0.29, 0.717) is 0 Å². The zero-order chi connectivity index (χ0) is 5.21. The summed E-state index contributed by atoms with van der Waals surface area (Å²) in [6.45, 7) is 0. The van der Waals surface area contributed by atoms with Crippen molar-refractivity contribution in [2.24, 2.45) is 0 Å². The minimum Gasteiger partial charge on any atom is -0.187 e. The Labute approximate surface area is 44.9 Å². The van der Waals surface area contributed by atoms with Crippen molar-refractivity contribution in [2.45, 2.75) is 5.38 Å². The average Bonchev–Trinajstić information content (AvgIpc) is 1.35. The fraction of sp³-hybridized carbons (Fsp3) is 1.00. The first-order valence-electron chi connectivity index (χ1n) is 1.24. The van der Waals surface area contributed by atoms with E-state index in [-0.39, 0.29) is 0 Å².